The van der Waals surface area contributed by atoms with E-state index in [0.29, 0.717) is 0 Å². The lowest BCUT2D eigenvalue weighted by Gasteiger charge is -2.17. The van der Waals surface area contributed by atoms with E-state index in [9.17, 15) is 0 Å². The molecule has 1 aromatic rings. The molecule has 3 nitrogen and oxygen atoms in total. The molecule has 0 spiro atoms. The summed E-state index contributed by atoms with van der Waals surface area (Å²) in [7, 11) is 0. The van der Waals surface area contributed by atoms with Crippen LogP contribution in [0.2, 0.25) is 0 Å². The Balaban J connectivity index is 0.000000980. The highest BCUT2D eigenvalue weighted by Crippen LogP contribution is 2.06. The monoisotopic (exact) mass is 252 g/mol. The van der Waals surface area contributed by atoms with E-state index in [1.54, 1.807) is 6.26 Å². The molecular formula is C10H18Cl2N2O. The molecule has 0 unspecified atom stereocenters. The van der Waals surface area contributed by atoms with Gasteiger partial charge in [0.1, 0.15) is 5.76 Å². The summed E-state index contributed by atoms with van der Waals surface area (Å²) in [4.78, 5) is 2.43. The summed E-state index contributed by atoms with van der Waals surface area (Å²) in [5.74, 6) is 1.07. The number of rotatable bonds is 2. The van der Waals surface area contributed by atoms with Gasteiger partial charge < -0.3 is 9.73 Å². The Morgan fingerprint density at radius 1 is 1.27 bits per heavy atom. The molecule has 0 bridgehead atoms. The molecule has 1 aliphatic rings. The van der Waals surface area contributed by atoms with Gasteiger partial charge in [0.25, 0.3) is 0 Å². The van der Waals surface area contributed by atoms with Gasteiger partial charge in [-0.15, -0.1) is 24.8 Å². The number of furan rings is 1. The van der Waals surface area contributed by atoms with Crippen LogP contribution >= 0.6 is 24.8 Å². The highest BCUT2D eigenvalue weighted by molar-refractivity contribution is 5.85. The molecule has 5 heteroatoms. The fraction of sp³-hybridized carbons (Fsp3) is 0.600. The van der Waals surface area contributed by atoms with Crippen molar-refractivity contribution in [2.75, 3.05) is 26.2 Å². The van der Waals surface area contributed by atoms with Crippen molar-refractivity contribution in [1.82, 2.24) is 10.2 Å². The first-order valence-electron chi connectivity index (χ1n) is 4.90. The molecule has 2 rings (SSSR count). The van der Waals surface area contributed by atoms with Gasteiger partial charge in [-0.25, -0.2) is 0 Å². The largest absolute Gasteiger partial charge is 0.468 e. The molecule has 1 saturated heterocycles. The van der Waals surface area contributed by atoms with Crippen molar-refractivity contribution in [3.8, 4) is 0 Å². The number of nitrogens with one attached hydrogen (secondary N) is 1. The van der Waals surface area contributed by atoms with Crippen molar-refractivity contribution in [3.05, 3.63) is 24.2 Å². The summed E-state index contributed by atoms with van der Waals surface area (Å²) < 4.78 is 5.31. The first-order valence-corrected chi connectivity index (χ1v) is 4.90. The minimum Gasteiger partial charge on any atom is -0.468 e. The number of nitrogens with zero attached hydrogens (tertiary/aromatic N) is 1. The third-order valence-electron chi connectivity index (χ3n) is 2.39. The molecule has 15 heavy (non-hydrogen) atoms. The van der Waals surface area contributed by atoms with Crippen LogP contribution in [0.1, 0.15) is 12.2 Å². The lowest BCUT2D eigenvalue weighted by molar-refractivity contribution is 0.259. The van der Waals surface area contributed by atoms with Crippen molar-refractivity contribution in [2.24, 2.45) is 0 Å². The van der Waals surface area contributed by atoms with Crippen LogP contribution in [-0.4, -0.2) is 31.1 Å². The van der Waals surface area contributed by atoms with E-state index in [1.165, 1.54) is 13.0 Å². The SMILES string of the molecule is Cl.Cl.c1coc(CN2CCCNCC2)c1. The lowest BCUT2D eigenvalue weighted by Crippen LogP contribution is -2.27. The van der Waals surface area contributed by atoms with Crippen LogP contribution in [0.5, 0.6) is 0 Å². The fourth-order valence-corrected chi connectivity index (χ4v) is 1.68. The third-order valence-corrected chi connectivity index (χ3v) is 2.39. The summed E-state index contributed by atoms with van der Waals surface area (Å²) in [5, 5.41) is 3.38. The van der Waals surface area contributed by atoms with Gasteiger partial charge in [0, 0.05) is 13.1 Å². The van der Waals surface area contributed by atoms with Crippen LogP contribution in [0.15, 0.2) is 22.8 Å². The summed E-state index contributed by atoms with van der Waals surface area (Å²) >= 11 is 0. The van der Waals surface area contributed by atoms with Crippen molar-refractivity contribution >= 4 is 24.8 Å². The smallest absolute Gasteiger partial charge is 0.117 e. The van der Waals surface area contributed by atoms with E-state index in [2.05, 4.69) is 10.2 Å². The first kappa shape index (κ1) is 14.8. The summed E-state index contributed by atoms with van der Waals surface area (Å²) in [6, 6.07) is 3.99. The van der Waals surface area contributed by atoms with Gasteiger partial charge in [0.2, 0.25) is 0 Å². The van der Waals surface area contributed by atoms with Crippen LogP contribution in [-0.2, 0) is 6.54 Å². The molecule has 0 atom stereocenters. The Morgan fingerprint density at radius 3 is 2.87 bits per heavy atom. The third kappa shape index (κ3) is 4.89. The van der Waals surface area contributed by atoms with Crippen molar-refractivity contribution in [3.63, 3.8) is 0 Å². The lowest BCUT2D eigenvalue weighted by atomic mass is 10.3. The zero-order chi connectivity index (χ0) is 8.93. The zero-order valence-electron chi connectivity index (χ0n) is 8.65. The van der Waals surface area contributed by atoms with Gasteiger partial charge in [-0.2, -0.15) is 0 Å². The van der Waals surface area contributed by atoms with Crippen LogP contribution in [0.3, 0.4) is 0 Å². The maximum atomic E-state index is 5.31. The predicted octanol–water partition coefficient (Wildman–Crippen LogP) is 1.92. The fourth-order valence-electron chi connectivity index (χ4n) is 1.68. The molecule has 88 valence electrons. The van der Waals surface area contributed by atoms with E-state index in [0.717, 1.165) is 31.9 Å². The molecule has 0 aliphatic carbocycles. The van der Waals surface area contributed by atoms with Crippen molar-refractivity contribution in [1.29, 1.82) is 0 Å². The summed E-state index contributed by atoms with van der Waals surface area (Å²) in [5.41, 5.74) is 0. The van der Waals surface area contributed by atoms with Gasteiger partial charge in [-0.3, -0.25) is 4.90 Å². The van der Waals surface area contributed by atoms with Crippen LogP contribution in [0.4, 0.5) is 0 Å². The molecule has 1 fully saturated rings. The van der Waals surface area contributed by atoms with Crippen molar-refractivity contribution < 1.29 is 4.42 Å². The molecule has 0 saturated carbocycles. The molecule has 2 heterocycles. The second kappa shape index (κ2) is 7.99. The van der Waals surface area contributed by atoms with Gasteiger partial charge in [-0.05, 0) is 31.6 Å². The second-order valence-corrected chi connectivity index (χ2v) is 3.46. The van der Waals surface area contributed by atoms with Crippen molar-refractivity contribution in [2.45, 2.75) is 13.0 Å². The second-order valence-electron chi connectivity index (χ2n) is 3.46. The van der Waals surface area contributed by atoms with E-state index < -0.39 is 0 Å². The number of halogens is 2. The molecule has 1 N–H and O–H groups in total. The molecule has 0 radical (unpaired) electrons. The Labute approximate surface area is 103 Å². The van der Waals surface area contributed by atoms with Gasteiger partial charge in [-0.1, -0.05) is 0 Å². The van der Waals surface area contributed by atoms with Gasteiger partial charge >= 0.3 is 0 Å². The van der Waals surface area contributed by atoms with Crippen LogP contribution in [0, 0.1) is 0 Å². The average molecular weight is 253 g/mol. The molecule has 0 amide bonds. The standard InChI is InChI=1S/C10H16N2O.2ClH/c1-3-10(13-8-1)9-12-6-2-4-11-5-7-12;;/h1,3,8,11H,2,4-7,9H2;2*1H. The molecule has 1 aromatic heterocycles. The van der Waals surface area contributed by atoms with Crippen LogP contribution in [0.25, 0.3) is 0 Å². The number of hydrogen-bond acceptors (Lipinski definition) is 3. The average Bonchev–Trinajstić information content (AvgIpc) is 2.49. The topological polar surface area (TPSA) is 28.4 Å². The normalized spacial score (nSPS) is 17.3. The minimum atomic E-state index is 0. The first-order chi connectivity index (χ1) is 6.45. The Hall–Kier alpha value is -0.220. The van der Waals surface area contributed by atoms with E-state index >= 15 is 0 Å². The van der Waals surface area contributed by atoms with Crippen LogP contribution < -0.4 is 5.32 Å². The van der Waals surface area contributed by atoms with E-state index in [-0.39, 0.29) is 24.8 Å². The molecule has 1 aliphatic heterocycles. The molecular weight excluding hydrogens is 235 g/mol. The Morgan fingerprint density at radius 2 is 2.13 bits per heavy atom. The maximum Gasteiger partial charge on any atom is 0.117 e. The van der Waals surface area contributed by atoms with E-state index in [4.69, 9.17) is 4.42 Å². The minimum absolute atomic E-state index is 0. The Bertz CT molecular complexity index is 234. The summed E-state index contributed by atoms with van der Waals surface area (Å²) in [6.45, 7) is 5.50. The highest BCUT2D eigenvalue weighted by Gasteiger charge is 2.09. The predicted molar refractivity (Wildman–Crippen MR) is 66.0 cm³/mol. The Kier molecular flexibility index (Phi) is 7.88. The molecule has 0 aromatic carbocycles. The van der Waals surface area contributed by atoms with Gasteiger partial charge in [0.05, 0.1) is 12.8 Å². The van der Waals surface area contributed by atoms with Gasteiger partial charge in [0.15, 0.2) is 0 Å². The summed E-state index contributed by atoms with van der Waals surface area (Å²) in [6.07, 6.45) is 2.98. The number of hydrogen-bond donors (Lipinski definition) is 1. The quantitative estimate of drug-likeness (QED) is 0.872. The van der Waals surface area contributed by atoms with E-state index in [1.807, 2.05) is 12.1 Å². The zero-order valence-corrected chi connectivity index (χ0v) is 10.3. The maximum absolute atomic E-state index is 5.31. The highest BCUT2D eigenvalue weighted by atomic mass is 35.5.